The van der Waals surface area contributed by atoms with Crippen LogP contribution in [0.25, 0.3) is 0 Å². The van der Waals surface area contributed by atoms with Crippen molar-refractivity contribution in [2.75, 3.05) is 66.0 Å². The third-order valence-corrected chi connectivity index (χ3v) is 5.49. The van der Waals surface area contributed by atoms with Crippen molar-refractivity contribution in [3.63, 3.8) is 0 Å². The summed E-state index contributed by atoms with van der Waals surface area (Å²) in [4.78, 5) is 23.2. The number of ether oxygens (including phenoxy) is 1. The lowest BCUT2D eigenvalue weighted by Gasteiger charge is -2.36. The first kappa shape index (κ1) is 24.0. The third-order valence-electron chi connectivity index (χ3n) is 5.18. The molecule has 0 atom stereocenters. The summed E-state index contributed by atoms with van der Waals surface area (Å²) in [6.45, 7) is 6.99. The fraction of sp³-hybridized carbons (Fsp3) is 0.600. The Morgan fingerprint density at radius 3 is 2.45 bits per heavy atom. The second-order valence-corrected chi connectivity index (χ2v) is 7.51. The molecule has 0 aromatic heterocycles. The highest BCUT2D eigenvalue weighted by Gasteiger charge is 2.24. The highest BCUT2D eigenvalue weighted by atomic mass is 127. The molecule has 1 aromatic carbocycles. The molecular weight excluding hydrogens is 505 g/mol. The highest BCUT2D eigenvalue weighted by Crippen LogP contribution is 2.22. The number of guanidine groups is 1. The monoisotopic (exact) mass is 535 g/mol. The summed E-state index contributed by atoms with van der Waals surface area (Å²) in [5, 5.41) is 3.96. The number of carbonyl (C=O) groups is 1. The van der Waals surface area contributed by atoms with Crippen LogP contribution in [-0.2, 0) is 4.79 Å². The molecule has 7 nitrogen and oxygen atoms in total. The number of para-hydroxylation sites is 1. The summed E-state index contributed by atoms with van der Waals surface area (Å²) in [5.41, 5.74) is 0. The Hall–Kier alpha value is -1.26. The van der Waals surface area contributed by atoms with Gasteiger partial charge in [-0.2, -0.15) is 0 Å². The third kappa shape index (κ3) is 7.18. The Morgan fingerprint density at radius 2 is 1.79 bits per heavy atom. The molecule has 9 heteroatoms. The Bertz CT molecular complexity index is 677. The van der Waals surface area contributed by atoms with Crippen LogP contribution >= 0.6 is 35.6 Å². The van der Waals surface area contributed by atoms with E-state index in [4.69, 9.17) is 16.3 Å². The number of likely N-dealkylation sites (tertiary alicyclic amines) is 1. The van der Waals surface area contributed by atoms with Crippen LogP contribution in [-0.4, -0.2) is 92.6 Å². The molecule has 2 fully saturated rings. The number of carbonyl (C=O) groups excluding carboxylic acids is 1. The lowest BCUT2D eigenvalue weighted by molar-refractivity contribution is -0.131. The summed E-state index contributed by atoms with van der Waals surface area (Å²) in [6, 6.07) is 7.46. The average molecular weight is 536 g/mol. The Morgan fingerprint density at radius 1 is 1.10 bits per heavy atom. The van der Waals surface area contributed by atoms with E-state index < -0.39 is 0 Å². The lowest BCUT2D eigenvalue weighted by atomic mass is 10.3. The predicted molar refractivity (Wildman–Crippen MR) is 128 cm³/mol. The first-order chi connectivity index (χ1) is 13.7. The molecule has 1 amide bonds. The van der Waals surface area contributed by atoms with E-state index in [1.165, 1.54) is 0 Å². The van der Waals surface area contributed by atoms with Crippen LogP contribution in [0.3, 0.4) is 0 Å². The van der Waals surface area contributed by atoms with Crippen molar-refractivity contribution >= 4 is 47.4 Å². The van der Waals surface area contributed by atoms with E-state index in [9.17, 15) is 4.79 Å². The standard InChI is InChI=1S/C20H30ClN5O2.HI/c1-22-20(23-8-15-28-18-7-3-2-6-17(18)21)26-13-11-24(12-14-26)16-19(27)25-9-4-5-10-25;/h2-3,6-7H,4-5,8-16H2,1H3,(H,22,23);1H. The molecule has 162 valence electrons. The molecule has 0 spiro atoms. The van der Waals surface area contributed by atoms with Crippen molar-refractivity contribution in [1.29, 1.82) is 0 Å². The first-order valence-corrected chi connectivity index (χ1v) is 10.4. The molecule has 0 bridgehead atoms. The molecule has 2 aliphatic heterocycles. The SMILES string of the molecule is CN=C(NCCOc1ccccc1Cl)N1CCN(CC(=O)N2CCCC2)CC1.I. The fourth-order valence-electron chi connectivity index (χ4n) is 3.59. The van der Waals surface area contributed by atoms with Crippen molar-refractivity contribution in [1.82, 2.24) is 20.0 Å². The van der Waals surface area contributed by atoms with E-state index in [0.29, 0.717) is 30.5 Å². The van der Waals surface area contributed by atoms with Crippen molar-refractivity contribution in [3.05, 3.63) is 29.3 Å². The van der Waals surface area contributed by atoms with Crippen LogP contribution < -0.4 is 10.1 Å². The largest absolute Gasteiger partial charge is 0.490 e. The normalized spacial score (nSPS) is 17.8. The number of hydrogen-bond acceptors (Lipinski definition) is 4. The summed E-state index contributed by atoms with van der Waals surface area (Å²) >= 11 is 6.10. The number of nitrogens with one attached hydrogen (secondary N) is 1. The van der Waals surface area contributed by atoms with Crippen molar-refractivity contribution in [3.8, 4) is 5.75 Å². The lowest BCUT2D eigenvalue weighted by Crippen LogP contribution is -2.54. The van der Waals surface area contributed by atoms with E-state index in [2.05, 4.69) is 20.1 Å². The summed E-state index contributed by atoms with van der Waals surface area (Å²) in [7, 11) is 1.79. The Labute approximate surface area is 195 Å². The fourth-order valence-corrected chi connectivity index (χ4v) is 3.78. The van der Waals surface area contributed by atoms with Gasteiger partial charge in [0.2, 0.25) is 5.91 Å². The molecule has 2 heterocycles. The van der Waals surface area contributed by atoms with E-state index in [-0.39, 0.29) is 29.9 Å². The quantitative estimate of drug-likeness (QED) is 0.262. The summed E-state index contributed by atoms with van der Waals surface area (Å²) < 4.78 is 5.71. The number of halogens is 2. The highest BCUT2D eigenvalue weighted by molar-refractivity contribution is 14.0. The zero-order chi connectivity index (χ0) is 19.8. The van der Waals surface area contributed by atoms with E-state index in [1.54, 1.807) is 7.05 Å². The van der Waals surface area contributed by atoms with Gasteiger partial charge < -0.3 is 19.9 Å². The molecule has 2 aliphatic rings. The van der Waals surface area contributed by atoms with Crippen LogP contribution in [0, 0.1) is 0 Å². The minimum absolute atomic E-state index is 0. The van der Waals surface area contributed by atoms with Gasteiger partial charge in [-0.15, -0.1) is 24.0 Å². The van der Waals surface area contributed by atoms with Crippen LogP contribution in [0.4, 0.5) is 0 Å². The molecule has 0 unspecified atom stereocenters. The van der Waals surface area contributed by atoms with Gasteiger partial charge in [-0.3, -0.25) is 14.7 Å². The molecule has 0 saturated carbocycles. The minimum Gasteiger partial charge on any atom is -0.490 e. The molecule has 1 N–H and O–H groups in total. The van der Waals surface area contributed by atoms with Crippen LogP contribution in [0.1, 0.15) is 12.8 Å². The van der Waals surface area contributed by atoms with Crippen molar-refractivity contribution < 1.29 is 9.53 Å². The topological polar surface area (TPSA) is 60.4 Å². The van der Waals surface area contributed by atoms with Crippen molar-refractivity contribution in [2.45, 2.75) is 12.8 Å². The van der Waals surface area contributed by atoms with E-state index in [1.807, 2.05) is 29.2 Å². The number of piperazine rings is 1. The Balaban J connectivity index is 0.00000300. The molecule has 1 aromatic rings. The van der Waals surface area contributed by atoms with Crippen LogP contribution in [0.2, 0.25) is 5.02 Å². The summed E-state index contributed by atoms with van der Waals surface area (Å²) in [5.74, 6) is 1.83. The number of rotatable bonds is 6. The molecule has 2 saturated heterocycles. The number of amides is 1. The molecule has 0 aliphatic carbocycles. The maximum absolute atomic E-state index is 12.3. The number of aliphatic imine (C=N–C) groups is 1. The van der Waals surface area contributed by atoms with Crippen LogP contribution in [0.15, 0.2) is 29.3 Å². The number of nitrogens with zero attached hydrogens (tertiary/aromatic N) is 4. The van der Waals surface area contributed by atoms with Gasteiger partial charge in [0, 0.05) is 46.3 Å². The van der Waals surface area contributed by atoms with E-state index >= 15 is 0 Å². The zero-order valence-corrected chi connectivity index (χ0v) is 20.1. The van der Waals surface area contributed by atoms with Gasteiger partial charge in [-0.1, -0.05) is 23.7 Å². The second kappa shape index (κ2) is 12.4. The van der Waals surface area contributed by atoms with Gasteiger partial charge in [0.05, 0.1) is 18.1 Å². The molecule has 29 heavy (non-hydrogen) atoms. The maximum atomic E-state index is 12.3. The molecule has 0 radical (unpaired) electrons. The van der Waals surface area contributed by atoms with Gasteiger partial charge in [-0.05, 0) is 25.0 Å². The van der Waals surface area contributed by atoms with Gasteiger partial charge >= 0.3 is 0 Å². The van der Waals surface area contributed by atoms with Gasteiger partial charge in [0.1, 0.15) is 12.4 Å². The molecular formula is C20H31ClIN5O2. The second-order valence-electron chi connectivity index (χ2n) is 7.10. The smallest absolute Gasteiger partial charge is 0.236 e. The Kier molecular flexibility index (Phi) is 10.3. The van der Waals surface area contributed by atoms with Gasteiger partial charge in [0.15, 0.2) is 5.96 Å². The predicted octanol–water partition coefficient (Wildman–Crippen LogP) is 2.15. The van der Waals surface area contributed by atoms with Gasteiger partial charge in [0.25, 0.3) is 0 Å². The number of hydrogen-bond donors (Lipinski definition) is 1. The zero-order valence-electron chi connectivity index (χ0n) is 17.0. The minimum atomic E-state index is 0. The van der Waals surface area contributed by atoms with Gasteiger partial charge in [-0.25, -0.2) is 0 Å². The van der Waals surface area contributed by atoms with Crippen LogP contribution in [0.5, 0.6) is 5.75 Å². The van der Waals surface area contributed by atoms with Crippen molar-refractivity contribution in [2.24, 2.45) is 4.99 Å². The average Bonchev–Trinajstić information content (AvgIpc) is 3.25. The van der Waals surface area contributed by atoms with E-state index in [0.717, 1.165) is 58.1 Å². The summed E-state index contributed by atoms with van der Waals surface area (Å²) in [6.07, 6.45) is 2.28. The number of benzene rings is 1. The first-order valence-electron chi connectivity index (χ1n) is 10.0. The molecule has 3 rings (SSSR count). The maximum Gasteiger partial charge on any atom is 0.236 e.